The number of nitrogens with two attached hydrogens (primary N) is 1. The van der Waals surface area contributed by atoms with E-state index in [1.54, 1.807) is 45.1 Å². The van der Waals surface area contributed by atoms with E-state index >= 15 is 0 Å². The number of rotatable bonds is 47. The number of nitrogens with zero attached hydrogens (tertiary/aromatic N) is 3. The number of nitrogens with one attached hydrogen (secondary N) is 7. The van der Waals surface area contributed by atoms with Gasteiger partial charge in [0.15, 0.2) is 5.72 Å². The van der Waals surface area contributed by atoms with Crippen LogP contribution in [-0.2, 0) is 108 Å². The highest BCUT2D eigenvalue weighted by Crippen LogP contribution is 2.52. The molecular weight excluding hydrogens is 1570 g/mol. The molecule has 0 radical (unpaired) electrons. The number of carboxylic acid groups (broad SMARTS) is 1. The smallest absolute Gasteiger partial charge is 0.410 e. The summed E-state index contributed by atoms with van der Waals surface area (Å²) in [5.74, 6) is -8.51. The number of phenols is 1. The average Bonchev–Trinajstić information content (AvgIpc) is 1.56. The number of epoxide rings is 1. The number of likely N-dealkylation sites (N-methyl/N-ethyl adjacent to an activating group) is 1. The summed E-state index contributed by atoms with van der Waals surface area (Å²) in [6.45, 7) is 10.7. The third kappa shape index (κ3) is 31.1. The summed E-state index contributed by atoms with van der Waals surface area (Å²) < 4.78 is 57.3. The number of aliphatic carboxylic acids is 1. The molecule has 0 aliphatic carbocycles. The number of hydrogen-bond donors (Lipinski definition) is 11. The molecule has 12 amide bonds. The fourth-order valence-electron chi connectivity index (χ4n) is 12.9. The van der Waals surface area contributed by atoms with E-state index < -0.39 is 143 Å². The normalized spacial score (nSPS) is 22.3. The number of carbonyl (C=O) groups excluding carboxylic acids is 12. The van der Waals surface area contributed by atoms with Crippen LogP contribution < -0.4 is 52.6 Å². The first-order chi connectivity index (χ1) is 55.6. The van der Waals surface area contributed by atoms with Crippen LogP contribution in [0.3, 0.4) is 0 Å². The molecule has 2 aromatic rings. The number of carboxylic acids is 1. The van der Waals surface area contributed by atoms with Crippen LogP contribution in [0.1, 0.15) is 104 Å². The lowest BCUT2D eigenvalue weighted by Crippen LogP contribution is -2.67. The minimum absolute atomic E-state index is 0.0149. The van der Waals surface area contributed by atoms with Crippen LogP contribution >= 0.6 is 23.4 Å². The number of hydrogen-bond acceptors (Lipinski definition) is 26. The third-order valence-corrected chi connectivity index (χ3v) is 21.3. The molecule has 4 bridgehead atoms. The summed E-state index contributed by atoms with van der Waals surface area (Å²) in [6.07, 6.45) is 2.88. The van der Waals surface area contributed by atoms with Crippen molar-refractivity contribution in [1.82, 2.24) is 47.0 Å². The lowest BCUT2D eigenvalue weighted by Gasteiger charge is -2.47. The summed E-state index contributed by atoms with van der Waals surface area (Å²) in [7, 11) is 5.71. The van der Waals surface area contributed by atoms with Crippen LogP contribution in [0.5, 0.6) is 11.5 Å². The van der Waals surface area contributed by atoms with Gasteiger partial charge in [0.2, 0.25) is 41.4 Å². The number of carbonyl (C=O) groups is 13. The molecule has 4 aliphatic rings. The number of aliphatic hydroxyl groups is 1. The quantitative estimate of drug-likeness (QED) is 0.0195. The van der Waals surface area contributed by atoms with Crippen molar-refractivity contribution in [3.8, 4) is 11.5 Å². The molecule has 0 spiro atoms. The number of halogens is 1. The Bertz CT molecular complexity index is 3840. The number of methoxy groups -OCH3 is 2. The van der Waals surface area contributed by atoms with Crippen LogP contribution in [0.15, 0.2) is 72.4 Å². The Balaban J connectivity index is 0.985. The van der Waals surface area contributed by atoms with Crippen molar-refractivity contribution < 1.29 is 125 Å². The molecule has 12 N–H and O–H groups in total. The molecule has 2 aromatic carbocycles. The molecule has 0 unspecified atom stereocenters. The number of thioether (sulfide) groups is 1. The molecular formula is C78H112ClN11O26S. The number of esters is 1. The van der Waals surface area contributed by atoms with Crippen molar-refractivity contribution in [1.29, 1.82) is 0 Å². The predicted molar refractivity (Wildman–Crippen MR) is 424 cm³/mol. The molecule has 39 heteroatoms. The number of alkyl carbamates (subject to hydrolysis) is 1. The van der Waals surface area contributed by atoms with E-state index in [4.69, 9.17) is 64.7 Å². The first-order valence-electron chi connectivity index (χ1n) is 38.5. The van der Waals surface area contributed by atoms with E-state index in [1.165, 1.54) is 64.4 Å². The van der Waals surface area contributed by atoms with E-state index in [0.29, 0.717) is 38.2 Å². The first kappa shape index (κ1) is 96.3. The van der Waals surface area contributed by atoms with Crippen LogP contribution in [0.4, 0.5) is 15.3 Å². The third-order valence-electron chi connectivity index (χ3n) is 20.0. The van der Waals surface area contributed by atoms with E-state index in [0.717, 1.165) is 44.9 Å². The maximum atomic E-state index is 14.6. The summed E-state index contributed by atoms with van der Waals surface area (Å²) in [6, 6.07) is 2.79. The van der Waals surface area contributed by atoms with Gasteiger partial charge in [0, 0.05) is 90.3 Å². The number of ether oxygens (including phenoxy) is 10. The van der Waals surface area contributed by atoms with E-state index in [-0.39, 0.29) is 163 Å². The van der Waals surface area contributed by atoms with Gasteiger partial charge >= 0.3 is 24.1 Å². The Hall–Kier alpha value is -9.51. The number of primary amides is 1. The molecule has 2 fully saturated rings. The highest BCUT2D eigenvalue weighted by molar-refractivity contribution is 7.99. The number of unbranched alkanes of at least 4 members (excludes halogenated alkanes) is 1. The fraction of sp³-hybridized carbons (Fsp3) is 0.603. The number of allylic oxidation sites excluding steroid dienone is 3. The van der Waals surface area contributed by atoms with Gasteiger partial charge in [0.05, 0.1) is 97.1 Å². The molecule has 2 saturated heterocycles. The Morgan fingerprint density at radius 2 is 1.36 bits per heavy atom. The maximum absolute atomic E-state index is 14.6. The molecule has 648 valence electrons. The zero-order valence-electron chi connectivity index (χ0n) is 67.5. The highest BCUT2D eigenvalue weighted by Gasteiger charge is 2.67. The number of phenolic OH excluding ortho intramolecular Hbond substituents is 1. The van der Waals surface area contributed by atoms with Gasteiger partial charge in [-0.15, -0.1) is 0 Å². The molecule has 11 atom stereocenters. The van der Waals surface area contributed by atoms with Crippen LogP contribution in [0.25, 0.3) is 0 Å². The lowest BCUT2D eigenvalue weighted by molar-refractivity contribution is -0.174. The molecule has 6 rings (SSSR count). The Morgan fingerprint density at radius 3 is 1.97 bits per heavy atom. The van der Waals surface area contributed by atoms with Crippen LogP contribution in [-0.4, -0.2) is 294 Å². The Morgan fingerprint density at radius 1 is 0.769 bits per heavy atom. The van der Waals surface area contributed by atoms with E-state index in [9.17, 15) is 77.6 Å². The SMILES string of the molecule is COc1cc2cc(c1Cl)N(C)C(=O)C[C@H](OC(=O)[C@H](C)N(C)C(=O)CCSCC(=O)N[C@@H](CCCNC(N)=O)C(=O)N[C@@H](CCCCNC(=O)CCOCCOCCOCCOCCOCCNC(=O)CN1C(=O)C=CC1=O)C(=O)N[C@@H](Cc1ccc(O)cc1)C(=O)O)[C@]1(C)O[C@H]1[C@H](C)[C@]1(C)C[C@@](O)(NC(=O)O1)[C@H](OC)/C=C/C=C(\C)C2. The molecule has 0 saturated carbocycles. The van der Waals surface area contributed by atoms with Crippen molar-refractivity contribution in [3.05, 3.63) is 88.5 Å². The monoisotopic (exact) mass is 1690 g/mol. The second kappa shape index (κ2) is 47.8. The molecule has 37 nitrogen and oxygen atoms in total. The second-order valence-electron chi connectivity index (χ2n) is 28.9. The summed E-state index contributed by atoms with van der Waals surface area (Å²) >= 11 is 7.89. The van der Waals surface area contributed by atoms with Gasteiger partial charge in [0.25, 0.3) is 11.8 Å². The van der Waals surface area contributed by atoms with E-state index in [1.807, 2.05) is 13.0 Å². The molecule has 4 aliphatic heterocycles. The minimum atomic E-state index is -1.98. The van der Waals surface area contributed by atoms with Crippen LogP contribution in [0.2, 0.25) is 5.02 Å². The van der Waals surface area contributed by atoms with Gasteiger partial charge in [-0.2, -0.15) is 11.8 Å². The van der Waals surface area contributed by atoms with Gasteiger partial charge in [-0.1, -0.05) is 54.5 Å². The largest absolute Gasteiger partial charge is 0.508 e. The molecule has 117 heavy (non-hydrogen) atoms. The summed E-state index contributed by atoms with van der Waals surface area (Å²) in [5.41, 5.74) is 2.77. The number of anilines is 1. The topological polar surface area (TPSA) is 498 Å². The summed E-state index contributed by atoms with van der Waals surface area (Å²) in [5, 5.41) is 50.4. The number of urea groups is 1. The Labute approximate surface area is 688 Å². The second-order valence-corrected chi connectivity index (χ2v) is 30.3. The molecule has 4 heterocycles. The Kier molecular flexibility index (Phi) is 39.3. The molecule has 0 aromatic heterocycles. The van der Waals surface area contributed by atoms with Crippen molar-refractivity contribution >= 4 is 106 Å². The first-order valence-corrected chi connectivity index (χ1v) is 40.0. The predicted octanol–water partition coefficient (Wildman–Crippen LogP) is 1.76. The van der Waals surface area contributed by atoms with Gasteiger partial charge < -0.3 is 110 Å². The number of benzene rings is 2. The van der Waals surface area contributed by atoms with Crippen molar-refractivity contribution in [3.63, 3.8) is 0 Å². The zero-order valence-corrected chi connectivity index (χ0v) is 69.1. The fourth-order valence-corrected chi connectivity index (χ4v) is 14.0. The average molecular weight is 1690 g/mol. The van der Waals surface area contributed by atoms with Gasteiger partial charge in [-0.05, 0) is 102 Å². The number of amides is 12. The zero-order chi connectivity index (χ0) is 86.0. The van der Waals surface area contributed by atoms with Gasteiger partial charge in [-0.3, -0.25) is 53.4 Å². The van der Waals surface area contributed by atoms with Gasteiger partial charge in [0.1, 0.15) is 70.6 Å². The maximum Gasteiger partial charge on any atom is 0.410 e. The lowest BCUT2D eigenvalue weighted by atomic mass is 9.75. The van der Waals surface area contributed by atoms with Crippen molar-refractivity contribution in [2.24, 2.45) is 11.7 Å². The van der Waals surface area contributed by atoms with Crippen molar-refractivity contribution in [2.75, 3.05) is 137 Å². The number of aromatic hydroxyl groups is 1. The standard InChI is InChI=1S/C78H112ClN11O26S/c1-48-14-12-17-59(108-9)78(106)47-76(4,116-75(105)87-78)49(2)69-77(5,115-69)60(44-67(98)89(7)57-42-52(40-48)43-58(107-8)68(57)79)114-73(103)50(3)88(6)64(95)25-39-117-46-63(94)84-54(16-13-27-83-74(80)104)70(99)85-55(71(100)86-56(72(101)102)41-51-18-20-53(91)21-19-51)15-10-11-26-81-61(92)24-29-109-31-33-111-35-37-113-38-36-112-34-32-110-30-28-82-62(93)45-90-65(96)22-23-66(90)97/h12,14,17-23,42-43,49-50,54-56,59-60,69,91,106H,10-11,13,15-16,24-41,44-47H2,1-9H3,(H,81,92)(H,82,93)(H,84,94)(H,85,99)(H,86,100)(H,87,105)(H,101,102)(H3,80,83,104)/b17-12+,48-14+/t49-,50-,54-,55-,56-,59+,60-,69-,76-,77-,78-/m0/s1. The van der Waals surface area contributed by atoms with E-state index in [2.05, 4.69) is 37.2 Å². The van der Waals surface area contributed by atoms with Crippen molar-refractivity contribution in [2.45, 2.75) is 165 Å². The minimum Gasteiger partial charge on any atom is -0.508 e. The van der Waals surface area contributed by atoms with Gasteiger partial charge in [-0.25, -0.2) is 19.2 Å². The highest BCUT2D eigenvalue weighted by atomic mass is 35.5. The number of imide groups is 1. The van der Waals surface area contributed by atoms with Crippen LogP contribution in [0, 0.1) is 5.92 Å². The number of fused-ring (bicyclic) bond motifs is 5. The summed E-state index contributed by atoms with van der Waals surface area (Å²) in [4.78, 5) is 174.